The van der Waals surface area contributed by atoms with E-state index in [0.29, 0.717) is 31.2 Å². The molecular formula is C19H31ClN2O3. The Hall–Kier alpha value is -1.30. The number of nitrogens with two attached hydrogens (primary N) is 1. The van der Waals surface area contributed by atoms with E-state index >= 15 is 0 Å². The number of nitrogens with one attached hydrogen (secondary N) is 1. The van der Waals surface area contributed by atoms with Gasteiger partial charge in [-0.3, -0.25) is 4.79 Å². The first-order chi connectivity index (χ1) is 11.2. The first-order valence-corrected chi connectivity index (χ1v) is 8.65. The Labute approximate surface area is 157 Å². The summed E-state index contributed by atoms with van der Waals surface area (Å²) < 4.78 is 11.4. The molecule has 1 amide bonds. The van der Waals surface area contributed by atoms with Gasteiger partial charge in [-0.2, -0.15) is 0 Å². The first kappa shape index (κ1) is 21.7. The van der Waals surface area contributed by atoms with Crippen LogP contribution in [0.1, 0.15) is 41.0 Å². The van der Waals surface area contributed by atoms with Gasteiger partial charge in [0.25, 0.3) is 0 Å². The van der Waals surface area contributed by atoms with Crippen LogP contribution in [-0.2, 0) is 9.53 Å². The molecule has 3 N–H and O–H groups in total. The molecule has 1 fully saturated rings. The Balaban J connectivity index is 0.00000312. The van der Waals surface area contributed by atoms with Crippen LogP contribution >= 0.6 is 12.4 Å². The van der Waals surface area contributed by atoms with Gasteiger partial charge in [-0.1, -0.05) is 33.8 Å². The average Bonchev–Trinajstić information content (AvgIpc) is 2.52. The zero-order valence-corrected chi connectivity index (χ0v) is 16.6. The Bertz CT molecular complexity index is 592. The second kappa shape index (κ2) is 8.39. The van der Waals surface area contributed by atoms with Crippen molar-refractivity contribution in [2.45, 2.75) is 52.7 Å². The molecule has 5 nitrogen and oxygen atoms in total. The summed E-state index contributed by atoms with van der Waals surface area (Å²) in [6.07, 6.45) is 0.544. The number of hydrogen-bond acceptors (Lipinski definition) is 4. The molecule has 1 aliphatic carbocycles. The van der Waals surface area contributed by atoms with Gasteiger partial charge < -0.3 is 20.5 Å². The highest BCUT2D eigenvalue weighted by Crippen LogP contribution is 2.50. The van der Waals surface area contributed by atoms with Crippen LogP contribution in [0.2, 0.25) is 0 Å². The monoisotopic (exact) mass is 370 g/mol. The number of ether oxygens (including phenoxy) is 2. The van der Waals surface area contributed by atoms with E-state index in [2.05, 4.69) is 19.2 Å². The predicted octanol–water partition coefficient (Wildman–Crippen LogP) is 3.61. The highest BCUT2D eigenvalue weighted by Gasteiger charge is 2.62. The summed E-state index contributed by atoms with van der Waals surface area (Å²) in [6, 6.07) is 7.42. The van der Waals surface area contributed by atoms with Gasteiger partial charge in [0.05, 0.1) is 12.7 Å². The van der Waals surface area contributed by atoms with Crippen molar-refractivity contribution in [2.24, 2.45) is 17.1 Å². The number of hydrogen-bond donors (Lipinski definition) is 2. The van der Waals surface area contributed by atoms with Crippen LogP contribution in [0.5, 0.6) is 5.75 Å². The number of halogens is 1. The normalized spacial score (nSPS) is 24.2. The van der Waals surface area contributed by atoms with Gasteiger partial charge in [-0.05, 0) is 25.0 Å². The molecule has 1 aliphatic rings. The van der Waals surface area contributed by atoms with Gasteiger partial charge in [0.1, 0.15) is 11.3 Å². The van der Waals surface area contributed by atoms with E-state index in [9.17, 15) is 4.79 Å². The third kappa shape index (κ3) is 4.46. The molecule has 0 spiro atoms. The lowest BCUT2D eigenvalue weighted by Crippen LogP contribution is -2.74. The van der Waals surface area contributed by atoms with E-state index in [1.165, 1.54) is 0 Å². The Kier molecular flexibility index (Phi) is 7.29. The molecule has 0 bridgehead atoms. The van der Waals surface area contributed by atoms with Crippen LogP contribution in [0.15, 0.2) is 24.3 Å². The molecule has 1 saturated carbocycles. The number of amides is 1. The Morgan fingerprint density at radius 2 is 2.08 bits per heavy atom. The maximum atomic E-state index is 12.7. The lowest BCUT2D eigenvalue weighted by Gasteiger charge is -2.57. The minimum atomic E-state index is -0.929. The molecule has 0 aliphatic heterocycles. The zero-order chi connectivity index (χ0) is 18.0. The molecule has 2 atom stereocenters. The molecule has 25 heavy (non-hydrogen) atoms. The van der Waals surface area contributed by atoms with E-state index < -0.39 is 11.0 Å². The van der Waals surface area contributed by atoms with Crippen molar-refractivity contribution in [1.82, 2.24) is 0 Å². The smallest absolute Gasteiger partial charge is 0.245 e. The molecule has 0 saturated heterocycles. The molecular weight excluding hydrogens is 340 g/mol. The van der Waals surface area contributed by atoms with Gasteiger partial charge in [-0.25, -0.2) is 0 Å². The van der Waals surface area contributed by atoms with E-state index in [4.69, 9.17) is 15.2 Å². The van der Waals surface area contributed by atoms with Gasteiger partial charge >= 0.3 is 0 Å². The van der Waals surface area contributed by atoms with E-state index in [1.807, 2.05) is 45.0 Å². The highest BCUT2D eigenvalue weighted by atomic mass is 35.5. The second-order valence-electron chi connectivity index (χ2n) is 7.53. The maximum absolute atomic E-state index is 12.7. The summed E-state index contributed by atoms with van der Waals surface area (Å²) >= 11 is 0. The maximum Gasteiger partial charge on any atom is 0.245 e. The quantitative estimate of drug-likeness (QED) is 0.768. The minimum absolute atomic E-state index is 0. The van der Waals surface area contributed by atoms with Crippen LogP contribution in [0.25, 0.3) is 0 Å². The third-order valence-electron chi connectivity index (χ3n) is 4.91. The van der Waals surface area contributed by atoms with Crippen LogP contribution < -0.4 is 15.8 Å². The van der Waals surface area contributed by atoms with Crippen LogP contribution in [0.4, 0.5) is 5.69 Å². The lowest BCUT2D eigenvalue weighted by atomic mass is 9.54. The molecule has 2 rings (SSSR count). The fourth-order valence-electron chi connectivity index (χ4n) is 2.99. The fraction of sp³-hybridized carbons (Fsp3) is 0.632. The summed E-state index contributed by atoms with van der Waals surface area (Å²) in [7, 11) is 0. The summed E-state index contributed by atoms with van der Waals surface area (Å²) in [6.45, 7) is 11.4. The SMILES string of the molecule is CCOC1CC(N)(C(=O)Nc2cccc(OCC(C)C)c2)C1(C)C.Cl. The topological polar surface area (TPSA) is 73.6 Å². The van der Waals surface area contributed by atoms with Gasteiger partial charge in [0.15, 0.2) is 0 Å². The minimum Gasteiger partial charge on any atom is -0.493 e. The van der Waals surface area contributed by atoms with Crippen molar-refractivity contribution in [3.8, 4) is 5.75 Å². The highest BCUT2D eigenvalue weighted by molar-refractivity contribution is 5.99. The molecule has 0 heterocycles. The van der Waals surface area contributed by atoms with Crippen molar-refractivity contribution < 1.29 is 14.3 Å². The molecule has 142 valence electrons. The van der Waals surface area contributed by atoms with Gasteiger partial charge in [0.2, 0.25) is 5.91 Å². The molecule has 2 unspecified atom stereocenters. The second-order valence-corrected chi connectivity index (χ2v) is 7.53. The van der Waals surface area contributed by atoms with Crippen LogP contribution in [0.3, 0.4) is 0 Å². The van der Waals surface area contributed by atoms with Crippen molar-refractivity contribution in [1.29, 1.82) is 0 Å². The van der Waals surface area contributed by atoms with E-state index in [1.54, 1.807) is 0 Å². The number of carbonyl (C=O) groups is 1. The molecule has 1 aromatic carbocycles. The number of carbonyl (C=O) groups excluding carboxylic acids is 1. The van der Waals surface area contributed by atoms with Gasteiger partial charge in [0, 0.05) is 30.2 Å². The van der Waals surface area contributed by atoms with E-state index in [0.717, 1.165) is 5.75 Å². The summed E-state index contributed by atoms with van der Waals surface area (Å²) in [5.74, 6) is 1.01. The van der Waals surface area contributed by atoms with Gasteiger partial charge in [-0.15, -0.1) is 12.4 Å². The Morgan fingerprint density at radius 1 is 1.40 bits per heavy atom. The lowest BCUT2D eigenvalue weighted by molar-refractivity contribution is -0.166. The number of rotatable bonds is 7. The fourth-order valence-corrected chi connectivity index (χ4v) is 2.99. The number of benzene rings is 1. The van der Waals surface area contributed by atoms with E-state index in [-0.39, 0.29) is 24.4 Å². The third-order valence-corrected chi connectivity index (χ3v) is 4.91. The van der Waals surface area contributed by atoms with Crippen molar-refractivity contribution >= 4 is 24.0 Å². The first-order valence-electron chi connectivity index (χ1n) is 8.65. The summed E-state index contributed by atoms with van der Waals surface area (Å²) in [5.41, 5.74) is 5.77. The van der Waals surface area contributed by atoms with Crippen molar-refractivity contribution in [3.05, 3.63) is 24.3 Å². The predicted molar refractivity (Wildman–Crippen MR) is 103 cm³/mol. The van der Waals surface area contributed by atoms with Crippen LogP contribution in [-0.4, -0.2) is 30.8 Å². The molecule has 0 aromatic heterocycles. The zero-order valence-electron chi connectivity index (χ0n) is 15.8. The standard InChI is InChI=1S/C19H30N2O3.ClH/c1-6-23-16-11-19(20,18(16,4)5)17(22)21-14-8-7-9-15(10-14)24-12-13(2)3;/h7-10,13,16H,6,11-12,20H2,1-5H3,(H,21,22);1H. The summed E-state index contributed by atoms with van der Waals surface area (Å²) in [5, 5.41) is 2.93. The van der Waals surface area contributed by atoms with Crippen molar-refractivity contribution in [2.75, 3.05) is 18.5 Å². The molecule has 6 heteroatoms. The molecule has 0 radical (unpaired) electrons. The molecule has 1 aromatic rings. The average molecular weight is 371 g/mol. The van der Waals surface area contributed by atoms with Crippen LogP contribution in [0, 0.1) is 11.3 Å². The van der Waals surface area contributed by atoms with Crippen molar-refractivity contribution in [3.63, 3.8) is 0 Å². The summed E-state index contributed by atoms with van der Waals surface area (Å²) in [4.78, 5) is 12.7. The largest absolute Gasteiger partial charge is 0.493 e. The Morgan fingerprint density at radius 3 is 2.64 bits per heavy atom. The number of anilines is 1.